The van der Waals surface area contributed by atoms with Gasteiger partial charge in [0.05, 0.1) is 16.5 Å². The smallest absolute Gasteiger partial charge is 0.227 e. The van der Waals surface area contributed by atoms with Crippen LogP contribution in [0.15, 0.2) is 29.2 Å². The second-order valence-corrected chi connectivity index (χ2v) is 11.5. The Morgan fingerprint density at radius 1 is 1.15 bits per heavy atom. The molecule has 0 aliphatic carbocycles. The van der Waals surface area contributed by atoms with Crippen molar-refractivity contribution in [2.75, 3.05) is 36.5 Å². The number of nitrogens with zero attached hydrogens (tertiary/aromatic N) is 3. The van der Waals surface area contributed by atoms with Gasteiger partial charge in [0.1, 0.15) is 22.6 Å². The van der Waals surface area contributed by atoms with E-state index in [0.717, 1.165) is 99.4 Å². The number of hydrogen-bond donors (Lipinski definition) is 1. The number of fused-ring (bicyclic) bond motifs is 1. The molecule has 3 aliphatic heterocycles. The molecule has 2 saturated heterocycles. The Hall–Kier alpha value is -1.90. The summed E-state index contributed by atoms with van der Waals surface area (Å²) in [6.45, 7) is 5.31. The number of hydrogen-bond acceptors (Lipinski definition) is 7. The fraction of sp³-hybridized carbons (Fsp3) is 0.600. The van der Waals surface area contributed by atoms with Crippen molar-refractivity contribution in [1.29, 1.82) is 0 Å². The van der Waals surface area contributed by atoms with Gasteiger partial charge in [-0.3, -0.25) is 4.21 Å². The number of anilines is 2. The molecule has 0 saturated carbocycles. The first-order valence-electron chi connectivity index (χ1n) is 12.4. The molecule has 184 valence electrons. The van der Waals surface area contributed by atoms with Crippen molar-refractivity contribution >= 4 is 34.2 Å². The molecule has 34 heavy (non-hydrogen) atoms. The summed E-state index contributed by atoms with van der Waals surface area (Å²) in [4.78, 5) is 12.9. The van der Waals surface area contributed by atoms with Crippen molar-refractivity contribution in [3.8, 4) is 5.75 Å². The zero-order chi connectivity index (χ0) is 23.5. The number of halogens is 1. The van der Waals surface area contributed by atoms with Gasteiger partial charge in [-0.2, -0.15) is 4.98 Å². The quantitative estimate of drug-likeness (QED) is 0.590. The number of nitrogens with one attached hydrogen (secondary N) is 1. The molecule has 1 N–H and O–H groups in total. The molecule has 2 unspecified atom stereocenters. The standard InChI is InChI=1S/C25H33ClN4O3S/c1-2-3-21-16-22-23(34(21)31)24(27-18-10-14-32-15-11-18)29-25(28-22)30-12-8-20(9-13-30)33-19-6-4-17(26)5-7-19/h4-7,18,20-21H,2-3,8-16H2,1H3,(H,27,28,29). The molecule has 4 heterocycles. The van der Waals surface area contributed by atoms with Gasteiger partial charge in [0.25, 0.3) is 0 Å². The minimum absolute atomic E-state index is 0.137. The Balaban J connectivity index is 1.32. The topological polar surface area (TPSA) is 76.6 Å². The summed E-state index contributed by atoms with van der Waals surface area (Å²) in [5, 5.41) is 4.46. The van der Waals surface area contributed by atoms with Crippen molar-refractivity contribution < 1.29 is 13.7 Å². The predicted molar refractivity (Wildman–Crippen MR) is 136 cm³/mol. The third-order valence-corrected chi connectivity index (χ3v) is 8.95. The zero-order valence-corrected chi connectivity index (χ0v) is 21.2. The molecule has 9 heteroatoms. The Kier molecular flexibility index (Phi) is 7.56. The van der Waals surface area contributed by atoms with Crippen LogP contribution in [0.2, 0.25) is 5.02 Å². The molecule has 2 fully saturated rings. The van der Waals surface area contributed by atoms with E-state index in [1.807, 2.05) is 24.3 Å². The van der Waals surface area contributed by atoms with E-state index < -0.39 is 10.8 Å². The van der Waals surface area contributed by atoms with E-state index in [0.29, 0.717) is 11.1 Å². The van der Waals surface area contributed by atoms with E-state index in [1.165, 1.54) is 0 Å². The summed E-state index contributed by atoms with van der Waals surface area (Å²) in [5.74, 6) is 2.36. The van der Waals surface area contributed by atoms with E-state index in [-0.39, 0.29) is 11.4 Å². The fourth-order valence-electron chi connectivity index (χ4n) is 4.98. The number of ether oxygens (including phenoxy) is 2. The highest BCUT2D eigenvalue weighted by Crippen LogP contribution is 2.36. The summed E-state index contributed by atoms with van der Waals surface area (Å²) < 4.78 is 25.0. The Bertz CT molecular complexity index is 1010. The van der Waals surface area contributed by atoms with Gasteiger partial charge < -0.3 is 19.7 Å². The lowest BCUT2D eigenvalue weighted by molar-refractivity contribution is 0.0903. The lowest BCUT2D eigenvalue weighted by atomic mass is 10.1. The SMILES string of the molecule is CCCC1Cc2nc(N3CCC(Oc4ccc(Cl)cc4)CC3)nc(NC3CCOCC3)c2S1=O. The van der Waals surface area contributed by atoms with Crippen LogP contribution < -0.4 is 15.0 Å². The van der Waals surface area contributed by atoms with Crippen LogP contribution in [-0.4, -0.2) is 57.9 Å². The molecule has 0 amide bonds. The first-order valence-corrected chi connectivity index (χ1v) is 14.0. The monoisotopic (exact) mass is 504 g/mol. The maximum atomic E-state index is 13.3. The van der Waals surface area contributed by atoms with Crippen LogP contribution in [0.25, 0.3) is 0 Å². The van der Waals surface area contributed by atoms with E-state index >= 15 is 0 Å². The van der Waals surface area contributed by atoms with Gasteiger partial charge in [-0.25, -0.2) is 4.98 Å². The largest absolute Gasteiger partial charge is 0.490 e. The molecule has 2 atom stereocenters. The Morgan fingerprint density at radius 2 is 1.88 bits per heavy atom. The fourth-order valence-corrected chi connectivity index (χ4v) is 6.85. The van der Waals surface area contributed by atoms with Gasteiger partial charge in [-0.1, -0.05) is 24.9 Å². The van der Waals surface area contributed by atoms with E-state index in [4.69, 9.17) is 31.0 Å². The van der Waals surface area contributed by atoms with Crippen molar-refractivity contribution in [1.82, 2.24) is 9.97 Å². The first-order chi connectivity index (χ1) is 16.6. The summed E-state index contributed by atoms with van der Waals surface area (Å²) >= 11 is 5.98. The molecular formula is C25H33ClN4O3S. The van der Waals surface area contributed by atoms with Gasteiger partial charge in [0, 0.05) is 61.9 Å². The van der Waals surface area contributed by atoms with Crippen LogP contribution in [0.3, 0.4) is 0 Å². The average Bonchev–Trinajstić information content (AvgIpc) is 3.17. The number of rotatable bonds is 7. The van der Waals surface area contributed by atoms with Crippen molar-refractivity contribution in [2.24, 2.45) is 0 Å². The number of benzene rings is 1. The Morgan fingerprint density at radius 3 is 2.59 bits per heavy atom. The van der Waals surface area contributed by atoms with Crippen LogP contribution in [0.4, 0.5) is 11.8 Å². The molecular weight excluding hydrogens is 472 g/mol. The summed E-state index contributed by atoms with van der Waals surface area (Å²) in [6, 6.07) is 7.83. The third-order valence-electron chi connectivity index (χ3n) is 6.86. The van der Waals surface area contributed by atoms with Gasteiger partial charge in [-0.05, 0) is 43.5 Å². The zero-order valence-electron chi connectivity index (χ0n) is 19.7. The maximum absolute atomic E-state index is 13.3. The van der Waals surface area contributed by atoms with Crippen molar-refractivity contribution in [3.05, 3.63) is 35.0 Å². The lowest BCUT2D eigenvalue weighted by Crippen LogP contribution is -2.39. The molecule has 2 aromatic rings. The molecule has 5 rings (SSSR count). The number of aromatic nitrogens is 2. The second kappa shape index (κ2) is 10.8. The second-order valence-electron chi connectivity index (χ2n) is 9.35. The van der Waals surface area contributed by atoms with Crippen LogP contribution in [0, 0.1) is 0 Å². The van der Waals surface area contributed by atoms with Crippen molar-refractivity contribution in [2.45, 2.75) is 74.2 Å². The first kappa shape index (κ1) is 23.8. The number of piperidine rings is 1. The minimum atomic E-state index is -1.06. The lowest BCUT2D eigenvalue weighted by Gasteiger charge is -2.33. The Labute approximate surface area is 209 Å². The van der Waals surface area contributed by atoms with Crippen LogP contribution in [0.1, 0.15) is 51.1 Å². The van der Waals surface area contributed by atoms with Crippen LogP contribution in [-0.2, 0) is 22.0 Å². The molecule has 1 aromatic carbocycles. The molecule has 0 radical (unpaired) electrons. The normalized spacial score (nSPS) is 23.6. The van der Waals surface area contributed by atoms with Gasteiger partial charge in [0.2, 0.25) is 5.95 Å². The molecule has 3 aliphatic rings. The maximum Gasteiger partial charge on any atom is 0.227 e. The summed E-state index contributed by atoms with van der Waals surface area (Å²) in [7, 11) is -1.06. The highest BCUT2D eigenvalue weighted by atomic mass is 35.5. The summed E-state index contributed by atoms with van der Waals surface area (Å²) in [5.41, 5.74) is 0.955. The van der Waals surface area contributed by atoms with Gasteiger partial charge >= 0.3 is 0 Å². The molecule has 0 spiro atoms. The van der Waals surface area contributed by atoms with Gasteiger partial charge in [-0.15, -0.1) is 0 Å². The highest BCUT2D eigenvalue weighted by Gasteiger charge is 2.35. The highest BCUT2D eigenvalue weighted by molar-refractivity contribution is 7.86. The van der Waals surface area contributed by atoms with E-state index in [1.54, 1.807) is 0 Å². The molecule has 1 aromatic heterocycles. The van der Waals surface area contributed by atoms with E-state index in [9.17, 15) is 4.21 Å². The van der Waals surface area contributed by atoms with Crippen LogP contribution >= 0.6 is 11.6 Å². The predicted octanol–water partition coefficient (Wildman–Crippen LogP) is 4.60. The van der Waals surface area contributed by atoms with Gasteiger partial charge in [0.15, 0.2) is 0 Å². The van der Waals surface area contributed by atoms with E-state index in [2.05, 4.69) is 17.1 Å². The summed E-state index contributed by atoms with van der Waals surface area (Å²) in [6.07, 6.45) is 6.57. The average molecular weight is 505 g/mol. The van der Waals surface area contributed by atoms with Crippen LogP contribution in [0.5, 0.6) is 5.75 Å². The molecule has 0 bridgehead atoms. The minimum Gasteiger partial charge on any atom is -0.490 e. The third kappa shape index (κ3) is 5.34. The van der Waals surface area contributed by atoms with Crippen molar-refractivity contribution in [3.63, 3.8) is 0 Å². The molecule has 7 nitrogen and oxygen atoms in total.